The van der Waals surface area contributed by atoms with Crippen molar-refractivity contribution in [3.8, 4) is 0 Å². The summed E-state index contributed by atoms with van der Waals surface area (Å²) in [4.78, 5) is 33.6. The molecule has 0 saturated heterocycles. The van der Waals surface area contributed by atoms with Gasteiger partial charge in [0.2, 0.25) is 0 Å². The fraction of sp³-hybridized carbons (Fsp3) is 0.812. The number of carboxylic acid groups (broad SMARTS) is 2. The summed E-state index contributed by atoms with van der Waals surface area (Å²) in [5.74, 6) is -2.97. The topological polar surface area (TPSA) is 101 Å². The molecule has 1 aliphatic rings. The van der Waals surface area contributed by atoms with Gasteiger partial charge in [-0.25, -0.2) is 0 Å². The SMILES string of the molecule is CC(CCCOC(=O)C1CCCCC1C(=O)O)CCC(=O)O. The van der Waals surface area contributed by atoms with Crippen LogP contribution >= 0.6 is 0 Å². The average molecular weight is 314 g/mol. The summed E-state index contributed by atoms with van der Waals surface area (Å²) in [7, 11) is 0. The van der Waals surface area contributed by atoms with Crippen LogP contribution < -0.4 is 0 Å². The lowest BCUT2D eigenvalue weighted by atomic mass is 9.79. The van der Waals surface area contributed by atoms with Gasteiger partial charge in [-0.15, -0.1) is 0 Å². The van der Waals surface area contributed by atoms with Gasteiger partial charge in [-0.3, -0.25) is 14.4 Å². The lowest BCUT2D eigenvalue weighted by Crippen LogP contribution is -2.34. The smallest absolute Gasteiger partial charge is 0.309 e. The first-order valence-corrected chi connectivity index (χ1v) is 8.03. The van der Waals surface area contributed by atoms with E-state index in [0.29, 0.717) is 25.7 Å². The van der Waals surface area contributed by atoms with E-state index in [-0.39, 0.29) is 18.9 Å². The van der Waals surface area contributed by atoms with Crippen LogP contribution in [0.2, 0.25) is 0 Å². The zero-order valence-corrected chi connectivity index (χ0v) is 13.1. The summed E-state index contributed by atoms with van der Waals surface area (Å²) < 4.78 is 5.22. The first-order valence-electron chi connectivity index (χ1n) is 8.03. The quantitative estimate of drug-likeness (QED) is 0.501. The fourth-order valence-corrected chi connectivity index (χ4v) is 2.93. The standard InChI is InChI=1S/C16H26O6/c1-11(8-9-14(17)18)5-4-10-22-16(21)13-7-3-2-6-12(13)15(19)20/h11-13H,2-10H2,1H3,(H,17,18)(H,19,20). The second-order valence-electron chi connectivity index (χ2n) is 6.18. The molecule has 3 atom stereocenters. The van der Waals surface area contributed by atoms with Gasteiger partial charge < -0.3 is 14.9 Å². The number of esters is 1. The van der Waals surface area contributed by atoms with E-state index in [4.69, 9.17) is 14.9 Å². The molecular weight excluding hydrogens is 288 g/mol. The third-order valence-corrected chi connectivity index (χ3v) is 4.32. The van der Waals surface area contributed by atoms with Crippen LogP contribution in [0.4, 0.5) is 0 Å². The molecule has 0 bridgehead atoms. The third kappa shape index (κ3) is 6.45. The Kier molecular flexibility index (Phi) is 7.91. The molecule has 0 spiro atoms. The lowest BCUT2D eigenvalue weighted by Gasteiger charge is -2.26. The molecule has 0 aromatic heterocycles. The van der Waals surface area contributed by atoms with Gasteiger partial charge >= 0.3 is 17.9 Å². The van der Waals surface area contributed by atoms with Crippen molar-refractivity contribution < 1.29 is 29.3 Å². The molecule has 0 aromatic rings. The molecule has 22 heavy (non-hydrogen) atoms. The number of carboxylic acids is 2. The van der Waals surface area contributed by atoms with Crippen LogP contribution in [0.15, 0.2) is 0 Å². The van der Waals surface area contributed by atoms with E-state index >= 15 is 0 Å². The van der Waals surface area contributed by atoms with E-state index in [1.54, 1.807) is 0 Å². The van der Waals surface area contributed by atoms with Crippen LogP contribution in [0.5, 0.6) is 0 Å². The predicted molar refractivity (Wildman–Crippen MR) is 79.3 cm³/mol. The van der Waals surface area contributed by atoms with E-state index in [1.807, 2.05) is 6.92 Å². The van der Waals surface area contributed by atoms with E-state index in [0.717, 1.165) is 19.3 Å². The first kappa shape index (κ1) is 18.5. The molecule has 1 aliphatic carbocycles. The molecule has 0 heterocycles. The zero-order valence-electron chi connectivity index (χ0n) is 13.1. The summed E-state index contributed by atoms with van der Waals surface area (Å²) in [6.45, 7) is 2.26. The molecule has 0 aliphatic heterocycles. The number of aliphatic carboxylic acids is 2. The predicted octanol–water partition coefficient (Wildman–Crippen LogP) is 2.70. The minimum absolute atomic E-state index is 0.156. The van der Waals surface area contributed by atoms with E-state index in [2.05, 4.69) is 0 Å². The number of carbonyl (C=O) groups excluding carboxylic acids is 1. The van der Waals surface area contributed by atoms with Crippen molar-refractivity contribution >= 4 is 17.9 Å². The van der Waals surface area contributed by atoms with Gasteiger partial charge in [0, 0.05) is 6.42 Å². The first-order chi connectivity index (χ1) is 10.4. The highest BCUT2D eigenvalue weighted by atomic mass is 16.5. The Bertz CT molecular complexity index is 392. The number of carbonyl (C=O) groups is 3. The van der Waals surface area contributed by atoms with Gasteiger partial charge in [-0.05, 0) is 38.0 Å². The minimum Gasteiger partial charge on any atom is -0.481 e. The Balaban J connectivity index is 2.24. The van der Waals surface area contributed by atoms with Crippen molar-refractivity contribution in [2.45, 2.75) is 58.3 Å². The Hall–Kier alpha value is -1.59. The Morgan fingerprint density at radius 3 is 2.32 bits per heavy atom. The fourth-order valence-electron chi connectivity index (χ4n) is 2.93. The Morgan fingerprint density at radius 1 is 1.09 bits per heavy atom. The maximum Gasteiger partial charge on any atom is 0.309 e. The minimum atomic E-state index is -0.913. The van der Waals surface area contributed by atoms with Gasteiger partial charge in [-0.2, -0.15) is 0 Å². The van der Waals surface area contributed by atoms with E-state index < -0.39 is 29.7 Å². The van der Waals surface area contributed by atoms with E-state index in [9.17, 15) is 14.4 Å². The number of ether oxygens (including phenoxy) is 1. The highest BCUT2D eigenvalue weighted by molar-refractivity contribution is 5.81. The zero-order chi connectivity index (χ0) is 16.5. The van der Waals surface area contributed by atoms with Gasteiger partial charge in [0.25, 0.3) is 0 Å². The summed E-state index contributed by atoms with van der Waals surface area (Å²) >= 11 is 0. The van der Waals surface area contributed by atoms with Crippen molar-refractivity contribution in [1.29, 1.82) is 0 Å². The summed E-state index contributed by atoms with van der Waals surface area (Å²) in [5, 5.41) is 17.8. The second-order valence-corrected chi connectivity index (χ2v) is 6.18. The van der Waals surface area contributed by atoms with Crippen molar-refractivity contribution in [2.75, 3.05) is 6.61 Å². The maximum atomic E-state index is 12.0. The summed E-state index contributed by atoms with van der Waals surface area (Å²) in [6, 6.07) is 0. The molecule has 1 rings (SSSR count). The molecule has 2 N–H and O–H groups in total. The number of rotatable bonds is 9. The highest BCUT2D eigenvalue weighted by Crippen LogP contribution is 2.31. The largest absolute Gasteiger partial charge is 0.481 e. The number of hydrogen-bond donors (Lipinski definition) is 2. The molecule has 0 radical (unpaired) electrons. The second kappa shape index (κ2) is 9.43. The average Bonchev–Trinajstić information content (AvgIpc) is 2.49. The molecule has 0 aromatic carbocycles. The van der Waals surface area contributed by atoms with Crippen molar-refractivity contribution in [3.05, 3.63) is 0 Å². The lowest BCUT2D eigenvalue weighted by molar-refractivity contribution is -0.159. The van der Waals surface area contributed by atoms with E-state index in [1.165, 1.54) is 0 Å². The van der Waals surface area contributed by atoms with Crippen molar-refractivity contribution in [2.24, 2.45) is 17.8 Å². The van der Waals surface area contributed by atoms with Crippen LogP contribution in [-0.4, -0.2) is 34.7 Å². The van der Waals surface area contributed by atoms with Gasteiger partial charge in [0.1, 0.15) is 0 Å². The van der Waals surface area contributed by atoms with Crippen LogP contribution in [0.25, 0.3) is 0 Å². The molecule has 1 saturated carbocycles. The normalized spacial score (nSPS) is 22.8. The number of hydrogen-bond acceptors (Lipinski definition) is 4. The third-order valence-electron chi connectivity index (χ3n) is 4.32. The van der Waals surface area contributed by atoms with Crippen LogP contribution in [0, 0.1) is 17.8 Å². The van der Waals surface area contributed by atoms with Crippen LogP contribution in [-0.2, 0) is 19.1 Å². The molecular formula is C16H26O6. The van der Waals surface area contributed by atoms with Gasteiger partial charge in [-0.1, -0.05) is 19.8 Å². The van der Waals surface area contributed by atoms with Gasteiger partial charge in [0.15, 0.2) is 0 Å². The molecule has 1 fully saturated rings. The monoisotopic (exact) mass is 314 g/mol. The van der Waals surface area contributed by atoms with Crippen molar-refractivity contribution in [3.63, 3.8) is 0 Å². The maximum absolute atomic E-state index is 12.0. The summed E-state index contributed by atoms with van der Waals surface area (Å²) in [5.41, 5.74) is 0. The molecule has 6 heteroatoms. The van der Waals surface area contributed by atoms with Crippen LogP contribution in [0.3, 0.4) is 0 Å². The van der Waals surface area contributed by atoms with Crippen molar-refractivity contribution in [1.82, 2.24) is 0 Å². The Morgan fingerprint density at radius 2 is 1.73 bits per heavy atom. The molecule has 126 valence electrons. The molecule has 0 amide bonds. The molecule has 3 unspecified atom stereocenters. The molecule has 6 nitrogen and oxygen atoms in total. The highest BCUT2D eigenvalue weighted by Gasteiger charge is 2.36. The van der Waals surface area contributed by atoms with Gasteiger partial charge in [0.05, 0.1) is 18.4 Å². The summed E-state index contributed by atoms with van der Waals surface area (Å²) in [6.07, 6.45) is 5.10. The van der Waals surface area contributed by atoms with Crippen LogP contribution in [0.1, 0.15) is 58.3 Å². The Labute approximate surface area is 130 Å².